The van der Waals surface area contributed by atoms with E-state index in [0.29, 0.717) is 6.04 Å². The molecule has 0 saturated heterocycles. The van der Waals surface area contributed by atoms with Crippen LogP contribution in [0.5, 0.6) is 0 Å². The molecule has 0 heterocycles. The smallest absolute Gasteiger partial charge is 0.0219 e. The lowest BCUT2D eigenvalue weighted by Crippen LogP contribution is -2.24. The molecule has 1 heteroatoms. The fourth-order valence-electron chi connectivity index (χ4n) is 1.09. The summed E-state index contributed by atoms with van der Waals surface area (Å²) in [6.45, 7) is 11.5. The predicted octanol–water partition coefficient (Wildman–Crippen LogP) is 2.98. The van der Waals surface area contributed by atoms with Crippen molar-refractivity contribution in [3.63, 3.8) is 0 Å². The Morgan fingerprint density at radius 3 is 2.42 bits per heavy atom. The third-order valence-electron chi connectivity index (χ3n) is 2.03. The molecular formula is C11H23N. The summed E-state index contributed by atoms with van der Waals surface area (Å²) >= 11 is 0. The molecule has 1 atom stereocenters. The first kappa shape index (κ1) is 11.7. The van der Waals surface area contributed by atoms with E-state index in [4.69, 9.17) is 0 Å². The van der Waals surface area contributed by atoms with E-state index in [9.17, 15) is 0 Å². The van der Waals surface area contributed by atoms with Crippen LogP contribution in [0, 0.1) is 5.92 Å². The zero-order valence-corrected chi connectivity index (χ0v) is 8.77. The van der Waals surface area contributed by atoms with E-state index in [2.05, 4.69) is 32.7 Å². The second kappa shape index (κ2) is 7.35. The largest absolute Gasteiger partial charge is 0.311 e. The van der Waals surface area contributed by atoms with Crippen molar-refractivity contribution in [1.82, 2.24) is 5.32 Å². The molecule has 0 bridgehead atoms. The van der Waals surface area contributed by atoms with Gasteiger partial charge < -0.3 is 5.32 Å². The highest BCUT2D eigenvalue weighted by Gasteiger charge is 1.95. The highest BCUT2D eigenvalue weighted by Crippen LogP contribution is 2.05. The Hall–Kier alpha value is -0.300. The van der Waals surface area contributed by atoms with Crippen molar-refractivity contribution in [3.8, 4) is 0 Å². The molecule has 0 rings (SSSR count). The van der Waals surface area contributed by atoms with Gasteiger partial charge >= 0.3 is 0 Å². The molecule has 0 aliphatic carbocycles. The van der Waals surface area contributed by atoms with E-state index < -0.39 is 0 Å². The minimum Gasteiger partial charge on any atom is -0.311 e. The summed E-state index contributed by atoms with van der Waals surface area (Å²) in [5.41, 5.74) is 0. The predicted molar refractivity (Wildman–Crippen MR) is 56.4 cm³/mol. The van der Waals surface area contributed by atoms with E-state index in [-0.39, 0.29) is 0 Å². The molecular weight excluding hydrogens is 146 g/mol. The van der Waals surface area contributed by atoms with Crippen LogP contribution in [0.25, 0.3) is 0 Å². The van der Waals surface area contributed by atoms with E-state index >= 15 is 0 Å². The Morgan fingerprint density at radius 2 is 1.92 bits per heavy atom. The van der Waals surface area contributed by atoms with Crippen molar-refractivity contribution in [2.24, 2.45) is 5.92 Å². The minimum absolute atomic E-state index is 0.462. The van der Waals surface area contributed by atoms with E-state index in [1.807, 2.05) is 6.08 Å². The second-order valence-electron chi connectivity index (χ2n) is 3.87. The van der Waals surface area contributed by atoms with Crippen molar-refractivity contribution >= 4 is 0 Å². The fourth-order valence-corrected chi connectivity index (χ4v) is 1.09. The van der Waals surface area contributed by atoms with Crippen LogP contribution in [0.2, 0.25) is 0 Å². The zero-order valence-electron chi connectivity index (χ0n) is 8.77. The topological polar surface area (TPSA) is 12.0 Å². The molecule has 1 N–H and O–H groups in total. The highest BCUT2D eigenvalue weighted by molar-refractivity contribution is 4.80. The molecule has 0 fully saturated rings. The maximum Gasteiger partial charge on any atom is 0.0219 e. The van der Waals surface area contributed by atoms with Gasteiger partial charge in [-0.2, -0.15) is 0 Å². The van der Waals surface area contributed by atoms with Crippen LogP contribution in [0.15, 0.2) is 12.7 Å². The lowest BCUT2D eigenvalue weighted by atomic mass is 10.1. The number of hydrogen-bond donors (Lipinski definition) is 1. The summed E-state index contributed by atoms with van der Waals surface area (Å²) in [4.78, 5) is 0. The van der Waals surface area contributed by atoms with Crippen molar-refractivity contribution < 1.29 is 0 Å². The number of rotatable bonds is 7. The standard InChI is InChI=1S/C11H23N/c1-5-11(4)12-9-7-6-8-10(2)3/h5,10-12H,1,6-9H2,2-4H3. The summed E-state index contributed by atoms with van der Waals surface area (Å²) < 4.78 is 0. The Bertz CT molecular complexity index is 108. The van der Waals surface area contributed by atoms with Gasteiger partial charge in [-0.1, -0.05) is 32.8 Å². The van der Waals surface area contributed by atoms with Crippen molar-refractivity contribution in [2.45, 2.75) is 46.1 Å². The third kappa shape index (κ3) is 7.80. The fraction of sp³-hybridized carbons (Fsp3) is 0.818. The van der Waals surface area contributed by atoms with Crippen molar-refractivity contribution in [1.29, 1.82) is 0 Å². The summed E-state index contributed by atoms with van der Waals surface area (Å²) in [5, 5.41) is 3.39. The summed E-state index contributed by atoms with van der Waals surface area (Å²) in [6, 6.07) is 0.462. The molecule has 1 unspecified atom stereocenters. The van der Waals surface area contributed by atoms with Crippen LogP contribution >= 0.6 is 0 Å². The molecule has 0 aromatic carbocycles. The Morgan fingerprint density at radius 1 is 1.25 bits per heavy atom. The summed E-state index contributed by atoms with van der Waals surface area (Å²) in [5.74, 6) is 0.849. The molecule has 0 amide bonds. The average molecular weight is 169 g/mol. The van der Waals surface area contributed by atoms with Gasteiger partial charge in [-0.25, -0.2) is 0 Å². The Kier molecular flexibility index (Phi) is 7.17. The van der Waals surface area contributed by atoms with Gasteiger partial charge in [0, 0.05) is 6.04 Å². The quantitative estimate of drug-likeness (QED) is 0.456. The Balaban J connectivity index is 3.05. The van der Waals surface area contributed by atoms with Crippen LogP contribution in [0.3, 0.4) is 0 Å². The van der Waals surface area contributed by atoms with Crippen LogP contribution < -0.4 is 5.32 Å². The lowest BCUT2D eigenvalue weighted by Gasteiger charge is -2.09. The van der Waals surface area contributed by atoms with Gasteiger partial charge in [-0.15, -0.1) is 6.58 Å². The highest BCUT2D eigenvalue weighted by atomic mass is 14.9. The zero-order chi connectivity index (χ0) is 9.40. The second-order valence-corrected chi connectivity index (χ2v) is 3.87. The maximum absolute atomic E-state index is 3.73. The van der Waals surface area contributed by atoms with Gasteiger partial charge in [-0.05, 0) is 25.8 Å². The monoisotopic (exact) mass is 169 g/mol. The summed E-state index contributed by atoms with van der Waals surface area (Å²) in [7, 11) is 0. The molecule has 72 valence electrons. The van der Waals surface area contributed by atoms with Crippen LogP contribution in [0.4, 0.5) is 0 Å². The number of hydrogen-bond acceptors (Lipinski definition) is 1. The number of unbranched alkanes of at least 4 members (excludes halogenated alkanes) is 1. The van der Waals surface area contributed by atoms with Gasteiger partial charge in [0.25, 0.3) is 0 Å². The maximum atomic E-state index is 3.73. The molecule has 12 heavy (non-hydrogen) atoms. The van der Waals surface area contributed by atoms with Crippen LogP contribution in [-0.2, 0) is 0 Å². The van der Waals surface area contributed by atoms with E-state index in [1.54, 1.807) is 0 Å². The molecule has 0 aliphatic heterocycles. The first-order valence-corrected chi connectivity index (χ1v) is 5.02. The van der Waals surface area contributed by atoms with Crippen molar-refractivity contribution in [3.05, 3.63) is 12.7 Å². The first-order valence-electron chi connectivity index (χ1n) is 5.02. The average Bonchev–Trinajstić information content (AvgIpc) is 2.03. The molecule has 0 aliphatic rings. The molecule has 0 aromatic rings. The normalized spacial score (nSPS) is 13.3. The molecule has 0 aromatic heterocycles. The van der Waals surface area contributed by atoms with Gasteiger partial charge in [0.2, 0.25) is 0 Å². The molecule has 0 radical (unpaired) electrons. The van der Waals surface area contributed by atoms with Gasteiger partial charge in [0.15, 0.2) is 0 Å². The molecule has 0 saturated carbocycles. The summed E-state index contributed by atoms with van der Waals surface area (Å²) in [6.07, 6.45) is 5.93. The van der Waals surface area contributed by atoms with E-state index in [1.165, 1.54) is 19.3 Å². The lowest BCUT2D eigenvalue weighted by molar-refractivity contribution is 0.513. The minimum atomic E-state index is 0.462. The van der Waals surface area contributed by atoms with Gasteiger partial charge in [-0.3, -0.25) is 0 Å². The SMILES string of the molecule is C=CC(C)NCCCCC(C)C. The first-order chi connectivity index (χ1) is 5.66. The van der Waals surface area contributed by atoms with E-state index in [0.717, 1.165) is 12.5 Å². The van der Waals surface area contributed by atoms with Gasteiger partial charge in [0.1, 0.15) is 0 Å². The van der Waals surface area contributed by atoms with Gasteiger partial charge in [0.05, 0.1) is 0 Å². The van der Waals surface area contributed by atoms with Crippen LogP contribution in [-0.4, -0.2) is 12.6 Å². The van der Waals surface area contributed by atoms with Crippen molar-refractivity contribution in [2.75, 3.05) is 6.54 Å². The molecule has 1 nitrogen and oxygen atoms in total. The Labute approximate surface area is 77.2 Å². The third-order valence-corrected chi connectivity index (χ3v) is 2.03. The molecule has 0 spiro atoms. The van der Waals surface area contributed by atoms with Crippen LogP contribution in [0.1, 0.15) is 40.0 Å². The number of nitrogens with one attached hydrogen (secondary N) is 1.